The highest BCUT2D eigenvalue weighted by atomic mass is 79.9. The van der Waals surface area contributed by atoms with Crippen molar-refractivity contribution in [2.45, 2.75) is 26.3 Å². The first kappa shape index (κ1) is 16.5. The normalized spacial score (nSPS) is 12.6. The Morgan fingerprint density at radius 2 is 2.05 bits per heavy atom. The van der Waals surface area contributed by atoms with Crippen molar-refractivity contribution >= 4 is 33.4 Å². The number of amides is 1. The van der Waals surface area contributed by atoms with Crippen LogP contribution in [0.5, 0.6) is 0 Å². The minimum Gasteiger partial charge on any atom is -0.342 e. The molecule has 1 rings (SSSR count). The fourth-order valence-corrected chi connectivity index (χ4v) is 2.54. The highest BCUT2D eigenvalue weighted by Gasteiger charge is 2.15. The third-order valence-electron chi connectivity index (χ3n) is 3.11. The predicted octanol–water partition coefficient (Wildman–Crippen LogP) is 3.55. The highest BCUT2D eigenvalue weighted by Crippen LogP contribution is 2.20. The van der Waals surface area contributed by atoms with E-state index in [9.17, 15) is 4.79 Å². The zero-order chi connectivity index (χ0) is 14.6. The molecule has 0 saturated carbocycles. The summed E-state index contributed by atoms with van der Waals surface area (Å²) in [6, 6.07) is 5.31. The number of halogens is 2. The molecule has 0 spiro atoms. The van der Waals surface area contributed by atoms with Gasteiger partial charge in [-0.25, -0.2) is 0 Å². The van der Waals surface area contributed by atoms with Crippen LogP contribution in [0.25, 0.3) is 0 Å². The minimum absolute atomic E-state index is 0.0424. The first-order valence-corrected chi connectivity index (χ1v) is 7.45. The Morgan fingerprint density at radius 1 is 1.42 bits per heavy atom. The van der Waals surface area contributed by atoms with E-state index in [4.69, 9.17) is 17.3 Å². The van der Waals surface area contributed by atoms with Crippen LogP contribution in [0.15, 0.2) is 22.7 Å². The molecule has 2 N–H and O–H groups in total. The van der Waals surface area contributed by atoms with E-state index in [0.717, 1.165) is 10.9 Å². The molecule has 1 amide bonds. The van der Waals surface area contributed by atoms with Crippen LogP contribution in [-0.4, -0.2) is 30.4 Å². The second-order valence-corrected chi connectivity index (χ2v) is 6.43. The smallest absolute Gasteiger partial charge is 0.253 e. The van der Waals surface area contributed by atoms with Crippen LogP contribution in [0.2, 0.25) is 5.02 Å². The number of hydrogen-bond donors (Lipinski definition) is 1. The number of nitrogens with two attached hydrogens (primary N) is 1. The Kier molecular flexibility index (Phi) is 6.30. The summed E-state index contributed by atoms with van der Waals surface area (Å²) in [5, 5.41) is 0.546. The average Bonchev–Trinajstić information content (AvgIpc) is 2.33. The van der Waals surface area contributed by atoms with E-state index in [1.165, 1.54) is 0 Å². The Balaban J connectivity index is 2.66. The largest absolute Gasteiger partial charge is 0.342 e. The van der Waals surface area contributed by atoms with Crippen molar-refractivity contribution < 1.29 is 4.79 Å². The summed E-state index contributed by atoms with van der Waals surface area (Å²) in [5.41, 5.74) is 6.57. The van der Waals surface area contributed by atoms with Gasteiger partial charge in [-0.3, -0.25) is 4.79 Å². The Labute approximate surface area is 128 Å². The first-order valence-electron chi connectivity index (χ1n) is 6.28. The van der Waals surface area contributed by atoms with E-state index in [-0.39, 0.29) is 11.9 Å². The van der Waals surface area contributed by atoms with Crippen molar-refractivity contribution in [3.05, 3.63) is 33.3 Å². The number of rotatable bonds is 5. The topological polar surface area (TPSA) is 46.3 Å². The van der Waals surface area contributed by atoms with Gasteiger partial charge in [-0.15, -0.1) is 0 Å². The van der Waals surface area contributed by atoms with Gasteiger partial charge in [0.05, 0.1) is 0 Å². The monoisotopic (exact) mass is 346 g/mol. The van der Waals surface area contributed by atoms with E-state index >= 15 is 0 Å². The van der Waals surface area contributed by atoms with Crippen LogP contribution in [0.4, 0.5) is 0 Å². The highest BCUT2D eigenvalue weighted by molar-refractivity contribution is 9.10. The molecule has 19 heavy (non-hydrogen) atoms. The molecule has 106 valence electrons. The quantitative estimate of drug-likeness (QED) is 0.885. The molecule has 3 nitrogen and oxygen atoms in total. The minimum atomic E-state index is -0.0424. The van der Waals surface area contributed by atoms with Gasteiger partial charge in [0.2, 0.25) is 0 Å². The summed E-state index contributed by atoms with van der Waals surface area (Å²) in [7, 11) is 1.78. The van der Waals surface area contributed by atoms with Crippen molar-refractivity contribution in [3.8, 4) is 0 Å². The molecule has 1 atom stereocenters. The number of carbonyl (C=O) groups excluding carboxylic acids is 1. The fourth-order valence-electron chi connectivity index (χ4n) is 1.68. The van der Waals surface area contributed by atoms with Crippen LogP contribution in [0.1, 0.15) is 30.6 Å². The van der Waals surface area contributed by atoms with Crippen molar-refractivity contribution in [2.24, 2.45) is 11.7 Å². The number of nitrogens with zero attached hydrogens (tertiary/aromatic N) is 1. The predicted molar refractivity (Wildman–Crippen MR) is 83.5 cm³/mol. The second kappa shape index (κ2) is 7.27. The summed E-state index contributed by atoms with van der Waals surface area (Å²) >= 11 is 9.28. The van der Waals surface area contributed by atoms with Gasteiger partial charge in [-0.1, -0.05) is 41.4 Å². The van der Waals surface area contributed by atoms with Crippen molar-refractivity contribution in [2.75, 3.05) is 13.6 Å². The molecule has 1 unspecified atom stereocenters. The van der Waals surface area contributed by atoms with Gasteiger partial charge >= 0.3 is 0 Å². The molecule has 1 aromatic carbocycles. The van der Waals surface area contributed by atoms with Gasteiger partial charge in [0.15, 0.2) is 0 Å². The molecule has 0 saturated heterocycles. The molecule has 0 bridgehead atoms. The van der Waals surface area contributed by atoms with Crippen molar-refractivity contribution in [3.63, 3.8) is 0 Å². The summed E-state index contributed by atoms with van der Waals surface area (Å²) in [5.74, 6) is 0.378. The summed E-state index contributed by atoms with van der Waals surface area (Å²) in [4.78, 5) is 13.9. The molecule has 5 heteroatoms. The van der Waals surface area contributed by atoms with Crippen molar-refractivity contribution in [1.29, 1.82) is 0 Å². The molecular formula is C14H20BrClN2O. The van der Waals surface area contributed by atoms with E-state index in [2.05, 4.69) is 29.8 Å². The standard InChI is InChI=1S/C14H20BrClN2O/c1-9(2)13(17)4-5-18(3)14(19)10-6-11(15)8-12(16)7-10/h6-9,13H,4-5,17H2,1-3H3. The molecule has 0 fully saturated rings. The lowest BCUT2D eigenvalue weighted by molar-refractivity contribution is 0.0789. The molecule has 0 aromatic heterocycles. The van der Waals surface area contributed by atoms with Crippen LogP contribution in [0.3, 0.4) is 0 Å². The van der Waals surface area contributed by atoms with Gasteiger partial charge in [0.25, 0.3) is 5.91 Å². The van der Waals surface area contributed by atoms with Gasteiger partial charge in [-0.2, -0.15) is 0 Å². The average molecular weight is 348 g/mol. The zero-order valence-electron chi connectivity index (χ0n) is 11.5. The summed E-state index contributed by atoms with van der Waals surface area (Å²) < 4.78 is 0.802. The molecule has 0 aliphatic rings. The van der Waals surface area contributed by atoms with Gasteiger partial charge < -0.3 is 10.6 Å². The van der Waals surface area contributed by atoms with Crippen LogP contribution >= 0.6 is 27.5 Å². The van der Waals surface area contributed by atoms with E-state index in [1.807, 2.05) is 0 Å². The Bertz CT molecular complexity index is 431. The number of hydrogen-bond acceptors (Lipinski definition) is 2. The lowest BCUT2D eigenvalue weighted by Gasteiger charge is -2.21. The third kappa shape index (κ3) is 5.13. The lowest BCUT2D eigenvalue weighted by atomic mass is 10.0. The third-order valence-corrected chi connectivity index (χ3v) is 3.79. The van der Waals surface area contributed by atoms with Crippen LogP contribution in [-0.2, 0) is 0 Å². The Hall–Kier alpha value is -0.580. The SMILES string of the molecule is CC(C)C(N)CCN(C)C(=O)c1cc(Cl)cc(Br)c1. The molecule has 0 aliphatic carbocycles. The summed E-state index contributed by atoms with van der Waals surface area (Å²) in [6.07, 6.45) is 0.793. The van der Waals surface area contributed by atoms with Crippen molar-refractivity contribution in [1.82, 2.24) is 4.90 Å². The van der Waals surface area contributed by atoms with E-state index < -0.39 is 0 Å². The Morgan fingerprint density at radius 3 is 2.58 bits per heavy atom. The number of benzene rings is 1. The first-order chi connectivity index (χ1) is 8.81. The van der Waals surface area contributed by atoms with Crippen LogP contribution < -0.4 is 5.73 Å². The molecule has 0 radical (unpaired) electrons. The van der Waals surface area contributed by atoms with E-state index in [1.54, 1.807) is 30.1 Å². The molecule has 0 aliphatic heterocycles. The number of carbonyl (C=O) groups is 1. The maximum Gasteiger partial charge on any atom is 0.253 e. The maximum atomic E-state index is 12.2. The molecule has 0 heterocycles. The van der Waals surface area contributed by atoms with Gasteiger partial charge in [-0.05, 0) is 30.5 Å². The fraction of sp³-hybridized carbons (Fsp3) is 0.500. The molecule has 1 aromatic rings. The van der Waals surface area contributed by atoms with Crippen LogP contribution in [0, 0.1) is 5.92 Å². The molecular weight excluding hydrogens is 328 g/mol. The second-order valence-electron chi connectivity index (χ2n) is 5.08. The van der Waals surface area contributed by atoms with E-state index in [0.29, 0.717) is 23.0 Å². The maximum absolute atomic E-state index is 12.2. The van der Waals surface area contributed by atoms with Gasteiger partial charge in [0, 0.05) is 34.7 Å². The van der Waals surface area contributed by atoms with Gasteiger partial charge in [0.1, 0.15) is 0 Å². The lowest BCUT2D eigenvalue weighted by Crippen LogP contribution is -2.34. The zero-order valence-corrected chi connectivity index (χ0v) is 13.8. The summed E-state index contributed by atoms with van der Waals surface area (Å²) in [6.45, 7) is 4.81.